The molecule has 0 atom stereocenters. The molecule has 0 amide bonds. The van der Waals surface area contributed by atoms with E-state index < -0.39 is 9.52 Å². The van der Waals surface area contributed by atoms with Crippen molar-refractivity contribution in [3.63, 3.8) is 0 Å². The molecule has 0 aliphatic rings. The van der Waals surface area contributed by atoms with E-state index in [-0.39, 0.29) is 0 Å². The largest absolute Gasteiger partial charge is 0.122 e. The molecule has 0 aliphatic carbocycles. The van der Waals surface area contributed by atoms with Crippen molar-refractivity contribution in [2.45, 2.75) is 32.6 Å². The molecule has 0 unspecified atom stereocenters. The van der Waals surface area contributed by atoms with Gasteiger partial charge in [0.05, 0.1) is 9.52 Å². The Hall–Kier alpha value is -1.05. The zero-order chi connectivity index (χ0) is 13.7. The minimum absolute atomic E-state index is 0.420. The van der Waals surface area contributed by atoms with Crippen LogP contribution >= 0.6 is 11.6 Å². The van der Waals surface area contributed by atoms with Crippen LogP contribution in [-0.2, 0) is 18.7 Å². The van der Waals surface area contributed by atoms with Crippen molar-refractivity contribution < 1.29 is 0 Å². The van der Waals surface area contributed by atoms with Crippen LogP contribution in [0.15, 0.2) is 42.5 Å². The third kappa shape index (κ3) is 3.71. The van der Waals surface area contributed by atoms with Gasteiger partial charge >= 0.3 is 0 Å². The number of alkyl halides is 1. The first kappa shape index (κ1) is 14.4. The van der Waals surface area contributed by atoms with Crippen LogP contribution in [0.1, 0.15) is 30.5 Å². The Balaban J connectivity index is 2.32. The second kappa shape index (κ2) is 6.92. The van der Waals surface area contributed by atoms with Gasteiger partial charge in [-0.05, 0) is 29.5 Å². The van der Waals surface area contributed by atoms with Crippen LogP contribution < -0.4 is 10.4 Å². The molecular weight excluding hydrogens is 268 g/mol. The molecule has 0 heterocycles. The lowest BCUT2D eigenvalue weighted by Crippen LogP contribution is -2.30. The van der Waals surface area contributed by atoms with Crippen molar-refractivity contribution in [3.05, 3.63) is 59.2 Å². The quantitative estimate of drug-likeness (QED) is 0.586. The van der Waals surface area contributed by atoms with Crippen molar-refractivity contribution in [3.8, 4) is 0 Å². The van der Waals surface area contributed by atoms with Crippen LogP contribution in [0.3, 0.4) is 0 Å². The molecule has 0 radical (unpaired) electrons. The van der Waals surface area contributed by atoms with Gasteiger partial charge in [0.2, 0.25) is 0 Å². The van der Waals surface area contributed by atoms with E-state index in [0.29, 0.717) is 5.88 Å². The lowest BCUT2D eigenvalue weighted by molar-refractivity contribution is 1.09. The lowest BCUT2D eigenvalue weighted by Gasteiger charge is -2.10. The number of hydrogen-bond acceptors (Lipinski definition) is 0. The topological polar surface area (TPSA) is 0 Å². The molecule has 19 heavy (non-hydrogen) atoms. The van der Waals surface area contributed by atoms with Crippen molar-refractivity contribution in [1.82, 2.24) is 0 Å². The van der Waals surface area contributed by atoms with Gasteiger partial charge in [-0.1, -0.05) is 66.7 Å². The van der Waals surface area contributed by atoms with Gasteiger partial charge in [0.15, 0.2) is 0 Å². The number of rotatable bonds is 5. The molecule has 2 aromatic carbocycles. The Morgan fingerprint density at radius 3 is 2.16 bits per heavy atom. The summed E-state index contributed by atoms with van der Waals surface area (Å²) in [5.74, 6) is 0.622. The minimum atomic E-state index is -0.420. The molecule has 100 valence electrons. The molecule has 0 nitrogen and oxygen atoms in total. The fraction of sp³-hybridized carbons (Fsp3) is 0.294. The molecule has 0 bridgehead atoms. The Morgan fingerprint density at radius 2 is 1.58 bits per heavy atom. The second-order valence-corrected chi connectivity index (χ2v) is 7.14. The van der Waals surface area contributed by atoms with E-state index in [1.807, 2.05) is 0 Å². The zero-order valence-corrected chi connectivity index (χ0v) is 13.9. The highest BCUT2D eigenvalue weighted by molar-refractivity contribution is 6.68. The van der Waals surface area contributed by atoms with Gasteiger partial charge in [0.1, 0.15) is 0 Å². The van der Waals surface area contributed by atoms with E-state index >= 15 is 0 Å². The number of aryl methyl sites for hydroxylation is 2. The first-order valence-corrected chi connectivity index (χ1v) is 8.96. The Bertz CT molecular complexity index is 526. The molecule has 2 rings (SSSR count). The molecule has 2 aromatic rings. The zero-order valence-electron chi connectivity index (χ0n) is 11.7. The smallest absolute Gasteiger partial charge is 0.0879 e. The average Bonchev–Trinajstić information content (AvgIpc) is 2.47. The standard InChI is InChI=1S/C17H21ClSi/c1-3-13-9-14(4-2)11-16(10-13)19-17-8-6-5-7-15(17)12-18/h5-11H,3-4,12,19H2,1-2H3. The third-order valence-electron chi connectivity index (χ3n) is 3.59. The van der Waals surface area contributed by atoms with Crippen LogP contribution in [0.4, 0.5) is 0 Å². The van der Waals surface area contributed by atoms with Crippen LogP contribution in [0, 0.1) is 0 Å². The van der Waals surface area contributed by atoms with Crippen LogP contribution in [0.25, 0.3) is 0 Å². The SMILES string of the molecule is CCc1cc(CC)cc([SiH2]c2ccccc2CCl)c1. The summed E-state index contributed by atoms with van der Waals surface area (Å²) >= 11 is 6.04. The van der Waals surface area contributed by atoms with E-state index in [1.165, 1.54) is 27.1 Å². The highest BCUT2D eigenvalue weighted by atomic mass is 35.5. The highest BCUT2D eigenvalue weighted by Gasteiger charge is 2.05. The first-order valence-electron chi connectivity index (χ1n) is 7.01. The van der Waals surface area contributed by atoms with Gasteiger partial charge < -0.3 is 0 Å². The van der Waals surface area contributed by atoms with E-state index in [0.717, 1.165) is 12.8 Å². The van der Waals surface area contributed by atoms with E-state index in [2.05, 4.69) is 56.3 Å². The maximum absolute atomic E-state index is 6.04. The van der Waals surface area contributed by atoms with E-state index in [1.54, 1.807) is 0 Å². The predicted octanol–water partition coefficient (Wildman–Crippen LogP) is 2.67. The van der Waals surface area contributed by atoms with Crippen LogP contribution in [-0.4, -0.2) is 9.52 Å². The fourth-order valence-electron chi connectivity index (χ4n) is 2.43. The summed E-state index contributed by atoms with van der Waals surface area (Å²) in [6.45, 7) is 4.46. The molecule has 0 fully saturated rings. The number of hydrogen-bond donors (Lipinski definition) is 0. The molecule has 0 saturated heterocycles. The van der Waals surface area contributed by atoms with Crippen molar-refractivity contribution in [2.24, 2.45) is 0 Å². The molecule has 0 spiro atoms. The van der Waals surface area contributed by atoms with Gasteiger partial charge in [0.25, 0.3) is 0 Å². The van der Waals surface area contributed by atoms with Gasteiger partial charge in [-0.3, -0.25) is 0 Å². The van der Waals surface area contributed by atoms with E-state index in [9.17, 15) is 0 Å². The average molecular weight is 289 g/mol. The summed E-state index contributed by atoms with van der Waals surface area (Å²) in [5, 5.41) is 3.02. The maximum atomic E-state index is 6.04. The Morgan fingerprint density at radius 1 is 0.947 bits per heavy atom. The highest BCUT2D eigenvalue weighted by Crippen LogP contribution is 2.06. The maximum Gasteiger partial charge on any atom is 0.0879 e. The fourth-order valence-corrected chi connectivity index (χ4v) is 4.74. The van der Waals surface area contributed by atoms with Crippen molar-refractivity contribution in [1.29, 1.82) is 0 Å². The molecule has 2 heteroatoms. The molecule has 0 aromatic heterocycles. The molecule has 0 aliphatic heterocycles. The predicted molar refractivity (Wildman–Crippen MR) is 89.0 cm³/mol. The van der Waals surface area contributed by atoms with Gasteiger partial charge in [-0.2, -0.15) is 0 Å². The first-order chi connectivity index (χ1) is 9.26. The summed E-state index contributed by atoms with van der Waals surface area (Å²) in [5.41, 5.74) is 4.23. The number of benzene rings is 2. The number of halogens is 1. The molecular formula is C17H21ClSi. The summed E-state index contributed by atoms with van der Waals surface area (Å²) in [6, 6.07) is 15.7. The monoisotopic (exact) mass is 288 g/mol. The van der Waals surface area contributed by atoms with Gasteiger partial charge in [-0.15, -0.1) is 11.6 Å². The van der Waals surface area contributed by atoms with Crippen LogP contribution in [0.2, 0.25) is 0 Å². The van der Waals surface area contributed by atoms with Crippen LogP contribution in [0.5, 0.6) is 0 Å². The van der Waals surface area contributed by atoms with Crippen molar-refractivity contribution in [2.75, 3.05) is 0 Å². The van der Waals surface area contributed by atoms with E-state index in [4.69, 9.17) is 11.6 Å². The third-order valence-corrected chi connectivity index (χ3v) is 5.76. The van der Waals surface area contributed by atoms with Gasteiger partial charge in [0, 0.05) is 5.88 Å². The minimum Gasteiger partial charge on any atom is -0.122 e. The Kier molecular flexibility index (Phi) is 5.23. The molecule has 0 saturated carbocycles. The summed E-state index contributed by atoms with van der Waals surface area (Å²) in [7, 11) is -0.420. The normalized spacial score (nSPS) is 11.3. The second-order valence-electron chi connectivity index (χ2n) is 4.94. The Labute approximate surface area is 123 Å². The summed E-state index contributed by atoms with van der Waals surface area (Å²) in [6.07, 6.45) is 2.23. The van der Waals surface area contributed by atoms with Gasteiger partial charge in [-0.25, -0.2) is 0 Å². The summed E-state index contributed by atoms with van der Waals surface area (Å²) in [4.78, 5) is 0. The van der Waals surface area contributed by atoms with Crippen molar-refractivity contribution >= 4 is 31.5 Å². The summed E-state index contributed by atoms with van der Waals surface area (Å²) < 4.78 is 0. The lowest BCUT2D eigenvalue weighted by atomic mass is 10.1. The molecule has 0 N–H and O–H groups in total.